The summed E-state index contributed by atoms with van der Waals surface area (Å²) >= 11 is 4.70. The Morgan fingerprint density at radius 2 is 2.40 bits per heavy atom. The molecule has 0 fully saturated rings. The average Bonchev–Trinajstić information content (AvgIpc) is 2.69. The Morgan fingerprint density at radius 1 is 1.53 bits per heavy atom. The maximum absolute atomic E-state index is 13.3. The van der Waals surface area contributed by atoms with Crippen LogP contribution in [-0.2, 0) is 6.61 Å². The molecule has 2 heterocycles. The lowest BCUT2D eigenvalue weighted by Gasteiger charge is -2.04. The van der Waals surface area contributed by atoms with Gasteiger partial charge in [0.15, 0.2) is 5.82 Å². The molecule has 2 nitrogen and oxygen atoms in total. The third-order valence-corrected chi connectivity index (χ3v) is 2.99. The van der Waals surface area contributed by atoms with Crippen LogP contribution >= 0.6 is 27.3 Å². The van der Waals surface area contributed by atoms with Crippen LogP contribution in [0.4, 0.5) is 4.39 Å². The second-order valence-corrected chi connectivity index (χ2v) is 4.76. The largest absolute Gasteiger partial charge is 0.470 e. The highest BCUT2D eigenvalue weighted by atomic mass is 79.9. The van der Waals surface area contributed by atoms with Gasteiger partial charge in [-0.25, -0.2) is 9.37 Å². The third-order valence-electron chi connectivity index (χ3n) is 1.71. The standard InChI is InChI=1S/C10H7BrFNOS/c11-7-4-9(12)10(13-5-7)14-6-8-2-1-3-15-8/h1-5H,6H2. The van der Waals surface area contributed by atoms with Crippen LogP contribution in [0, 0.1) is 5.82 Å². The molecule has 78 valence electrons. The van der Waals surface area contributed by atoms with Crippen LogP contribution in [0.2, 0.25) is 0 Å². The first-order valence-electron chi connectivity index (χ1n) is 4.22. The van der Waals surface area contributed by atoms with Crippen LogP contribution in [0.25, 0.3) is 0 Å². The summed E-state index contributed by atoms with van der Waals surface area (Å²) in [7, 11) is 0. The minimum absolute atomic E-state index is 0.0339. The van der Waals surface area contributed by atoms with E-state index >= 15 is 0 Å². The minimum atomic E-state index is -0.457. The van der Waals surface area contributed by atoms with Crippen molar-refractivity contribution < 1.29 is 9.13 Å². The van der Waals surface area contributed by atoms with E-state index < -0.39 is 5.82 Å². The van der Waals surface area contributed by atoms with Crippen LogP contribution in [0.3, 0.4) is 0 Å². The van der Waals surface area contributed by atoms with E-state index in [2.05, 4.69) is 20.9 Å². The Kier molecular flexibility index (Phi) is 3.33. The zero-order valence-corrected chi connectivity index (χ0v) is 10.0. The van der Waals surface area contributed by atoms with Gasteiger partial charge < -0.3 is 4.74 Å². The molecule has 0 aliphatic rings. The summed E-state index contributed by atoms with van der Waals surface area (Å²) in [6.45, 7) is 0.350. The van der Waals surface area contributed by atoms with E-state index in [4.69, 9.17) is 4.74 Å². The maximum Gasteiger partial charge on any atom is 0.250 e. The van der Waals surface area contributed by atoms with Crippen molar-refractivity contribution in [3.05, 3.63) is 44.9 Å². The molecular weight excluding hydrogens is 281 g/mol. The molecule has 0 spiro atoms. The number of hydrogen-bond donors (Lipinski definition) is 0. The fourth-order valence-corrected chi connectivity index (χ4v) is 1.96. The molecule has 2 rings (SSSR count). The molecule has 5 heteroatoms. The van der Waals surface area contributed by atoms with Gasteiger partial charge in [0.2, 0.25) is 0 Å². The van der Waals surface area contributed by atoms with Crippen LogP contribution in [0.15, 0.2) is 34.2 Å². The Balaban J connectivity index is 2.05. The van der Waals surface area contributed by atoms with E-state index in [0.717, 1.165) is 4.88 Å². The molecule has 0 aliphatic carbocycles. The van der Waals surface area contributed by atoms with E-state index in [1.165, 1.54) is 12.3 Å². The van der Waals surface area contributed by atoms with Gasteiger partial charge in [-0.1, -0.05) is 6.07 Å². The number of rotatable bonds is 3. The Hall–Kier alpha value is -0.940. The second kappa shape index (κ2) is 4.72. The fraction of sp³-hybridized carbons (Fsp3) is 0.100. The predicted octanol–water partition coefficient (Wildman–Crippen LogP) is 3.62. The molecule has 0 unspecified atom stereocenters. The lowest BCUT2D eigenvalue weighted by Crippen LogP contribution is -1.97. The highest BCUT2D eigenvalue weighted by Crippen LogP contribution is 2.19. The summed E-state index contributed by atoms with van der Waals surface area (Å²) in [5, 5.41) is 1.95. The zero-order valence-electron chi connectivity index (χ0n) is 7.61. The molecule has 0 saturated heterocycles. The van der Waals surface area contributed by atoms with Gasteiger partial charge in [0.25, 0.3) is 5.88 Å². The average molecular weight is 288 g/mol. The van der Waals surface area contributed by atoms with E-state index in [9.17, 15) is 4.39 Å². The second-order valence-electron chi connectivity index (χ2n) is 2.81. The first-order valence-corrected chi connectivity index (χ1v) is 5.89. The van der Waals surface area contributed by atoms with E-state index in [1.54, 1.807) is 11.3 Å². The number of nitrogens with zero attached hydrogens (tertiary/aromatic N) is 1. The molecule has 2 aromatic rings. The van der Waals surface area contributed by atoms with E-state index in [1.807, 2.05) is 17.5 Å². The van der Waals surface area contributed by atoms with Gasteiger partial charge in [0, 0.05) is 15.5 Å². The van der Waals surface area contributed by atoms with Crippen molar-refractivity contribution in [3.63, 3.8) is 0 Å². The molecule has 0 N–H and O–H groups in total. The van der Waals surface area contributed by atoms with Crippen molar-refractivity contribution >= 4 is 27.3 Å². The first-order chi connectivity index (χ1) is 7.25. The van der Waals surface area contributed by atoms with Gasteiger partial charge in [-0.2, -0.15) is 0 Å². The normalized spacial score (nSPS) is 10.3. The highest BCUT2D eigenvalue weighted by Gasteiger charge is 2.05. The quantitative estimate of drug-likeness (QED) is 0.860. The van der Waals surface area contributed by atoms with Gasteiger partial charge >= 0.3 is 0 Å². The summed E-state index contributed by atoms with van der Waals surface area (Å²) in [6, 6.07) is 5.19. The topological polar surface area (TPSA) is 22.1 Å². The lowest BCUT2D eigenvalue weighted by atomic mass is 10.4. The zero-order chi connectivity index (χ0) is 10.7. The molecule has 0 aromatic carbocycles. The number of ether oxygens (including phenoxy) is 1. The number of thiophene rings is 1. The van der Waals surface area contributed by atoms with E-state index in [0.29, 0.717) is 11.1 Å². The molecule has 0 aliphatic heterocycles. The van der Waals surface area contributed by atoms with Crippen molar-refractivity contribution in [2.75, 3.05) is 0 Å². The molecule has 15 heavy (non-hydrogen) atoms. The highest BCUT2D eigenvalue weighted by molar-refractivity contribution is 9.10. The van der Waals surface area contributed by atoms with Crippen LogP contribution < -0.4 is 4.74 Å². The molecule has 0 radical (unpaired) electrons. The SMILES string of the molecule is Fc1cc(Br)cnc1OCc1cccs1. The van der Waals surface area contributed by atoms with Gasteiger partial charge in [0.05, 0.1) is 0 Å². The summed E-state index contributed by atoms with van der Waals surface area (Å²) in [6.07, 6.45) is 1.51. The third kappa shape index (κ3) is 2.76. The van der Waals surface area contributed by atoms with Gasteiger partial charge in [0.1, 0.15) is 6.61 Å². The number of pyridine rings is 1. The van der Waals surface area contributed by atoms with Crippen LogP contribution in [0.5, 0.6) is 5.88 Å². The molecule has 0 bridgehead atoms. The first kappa shape index (κ1) is 10.6. The predicted molar refractivity (Wildman–Crippen MR) is 60.5 cm³/mol. The van der Waals surface area contributed by atoms with Crippen molar-refractivity contribution in [1.29, 1.82) is 0 Å². The monoisotopic (exact) mass is 287 g/mol. The van der Waals surface area contributed by atoms with Gasteiger partial charge in [-0.15, -0.1) is 11.3 Å². The molecule has 0 atom stereocenters. The van der Waals surface area contributed by atoms with Gasteiger partial charge in [-0.3, -0.25) is 0 Å². The van der Waals surface area contributed by atoms with Crippen LogP contribution in [-0.4, -0.2) is 4.98 Å². The Morgan fingerprint density at radius 3 is 3.07 bits per heavy atom. The minimum Gasteiger partial charge on any atom is -0.470 e. The van der Waals surface area contributed by atoms with Crippen molar-refractivity contribution in [2.24, 2.45) is 0 Å². The number of aromatic nitrogens is 1. The number of hydrogen-bond acceptors (Lipinski definition) is 3. The lowest BCUT2D eigenvalue weighted by molar-refractivity contribution is 0.280. The summed E-state index contributed by atoms with van der Waals surface area (Å²) in [5.74, 6) is -0.424. The summed E-state index contributed by atoms with van der Waals surface area (Å²) in [5.41, 5.74) is 0. The van der Waals surface area contributed by atoms with Gasteiger partial charge in [-0.05, 0) is 33.4 Å². The van der Waals surface area contributed by atoms with Crippen LogP contribution in [0.1, 0.15) is 4.88 Å². The smallest absolute Gasteiger partial charge is 0.250 e. The Labute approximate surface area is 98.9 Å². The van der Waals surface area contributed by atoms with E-state index in [-0.39, 0.29) is 5.88 Å². The molecule has 2 aromatic heterocycles. The molecule has 0 saturated carbocycles. The Bertz CT molecular complexity index is 447. The fourth-order valence-electron chi connectivity index (χ4n) is 1.04. The molecular formula is C10H7BrFNOS. The molecule has 0 amide bonds. The summed E-state index contributed by atoms with van der Waals surface area (Å²) < 4.78 is 19.1. The number of halogens is 2. The van der Waals surface area contributed by atoms with Crippen molar-refractivity contribution in [1.82, 2.24) is 4.98 Å². The maximum atomic E-state index is 13.3. The van der Waals surface area contributed by atoms with Crippen molar-refractivity contribution in [3.8, 4) is 5.88 Å². The van der Waals surface area contributed by atoms with Crippen molar-refractivity contribution in [2.45, 2.75) is 6.61 Å². The summed E-state index contributed by atoms with van der Waals surface area (Å²) in [4.78, 5) is 4.88.